The lowest BCUT2D eigenvalue weighted by Crippen LogP contribution is -2.35. The van der Waals surface area contributed by atoms with Crippen LogP contribution in [0.4, 0.5) is 0 Å². The molecule has 3 rings (SSSR count). The van der Waals surface area contributed by atoms with Gasteiger partial charge in [0.2, 0.25) is 0 Å². The average Bonchev–Trinajstić information content (AvgIpc) is 2.47. The summed E-state index contributed by atoms with van der Waals surface area (Å²) in [6, 6.07) is 15.1. The summed E-state index contributed by atoms with van der Waals surface area (Å²) in [7, 11) is 0. The summed E-state index contributed by atoms with van der Waals surface area (Å²) in [4.78, 5) is 13.6. The standard InChI is InChI=1S/C17H19NO/c19-16-9-12-18(13-10-16)11-8-15-6-3-5-14-4-1-2-7-17(14)15/h1-7H,8-13H2. The smallest absolute Gasteiger partial charge is 0.135 e. The molecule has 1 heterocycles. The van der Waals surface area contributed by atoms with Gasteiger partial charge in [0.25, 0.3) is 0 Å². The molecule has 1 fully saturated rings. The first-order valence-electron chi connectivity index (χ1n) is 7.03. The summed E-state index contributed by atoms with van der Waals surface area (Å²) in [6.45, 7) is 2.93. The highest BCUT2D eigenvalue weighted by molar-refractivity contribution is 5.85. The van der Waals surface area contributed by atoms with Gasteiger partial charge in [0.15, 0.2) is 0 Å². The fourth-order valence-corrected chi connectivity index (χ4v) is 2.82. The molecule has 0 atom stereocenters. The zero-order valence-electron chi connectivity index (χ0n) is 11.1. The van der Waals surface area contributed by atoms with Crippen molar-refractivity contribution in [3.05, 3.63) is 48.0 Å². The Kier molecular flexibility index (Phi) is 3.60. The molecule has 2 nitrogen and oxygen atoms in total. The highest BCUT2D eigenvalue weighted by atomic mass is 16.1. The number of likely N-dealkylation sites (tertiary alicyclic amines) is 1. The Morgan fingerprint density at radius 3 is 2.53 bits per heavy atom. The van der Waals surface area contributed by atoms with E-state index in [-0.39, 0.29) is 0 Å². The lowest BCUT2D eigenvalue weighted by Gasteiger charge is -2.25. The molecule has 0 saturated carbocycles. The predicted octanol–water partition coefficient (Wildman–Crippen LogP) is 3.05. The minimum absolute atomic E-state index is 0.418. The van der Waals surface area contributed by atoms with Gasteiger partial charge in [-0.25, -0.2) is 0 Å². The fourth-order valence-electron chi connectivity index (χ4n) is 2.82. The van der Waals surface area contributed by atoms with Crippen molar-refractivity contribution in [2.45, 2.75) is 19.3 Å². The van der Waals surface area contributed by atoms with E-state index in [9.17, 15) is 4.79 Å². The number of carbonyl (C=O) groups excluding carboxylic acids is 1. The Balaban J connectivity index is 1.70. The van der Waals surface area contributed by atoms with E-state index in [1.807, 2.05) is 0 Å². The fraction of sp³-hybridized carbons (Fsp3) is 0.353. The van der Waals surface area contributed by atoms with Gasteiger partial charge >= 0.3 is 0 Å². The molecule has 2 aromatic rings. The maximum absolute atomic E-state index is 11.2. The molecular weight excluding hydrogens is 234 g/mol. The number of rotatable bonds is 3. The zero-order chi connectivity index (χ0) is 13.1. The van der Waals surface area contributed by atoms with E-state index in [1.165, 1.54) is 16.3 Å². The molecule has 0 radical (unpaired) electrons. The van der Waals surface area contributed by atoms with Gasteiger partial charge in [0.1, 0.15) is 5.78 Å². The molecule has 0 N–H and O–H groups in total. The third-order valence-electron chi connectivity index (χ3n) is 3.99. The Morgan fingerprint density at radius 2 is 1.68 bits per heavy atom. The van der Waals surface area contributed by atoms with Gasteiger partial charge < -0.3 is 4.90 Å². The maximum Gasteiger partial charge on any atom is 0.135 e. The number of Topliss-reactive ketones (excluding diaryl/α,β-unsaturated/α-hetero) is 1. The molecule has 0 amide bonds. The van der Waals surface area contributed by atoms with Gasteiger partial charge in [-0.3, -0.25) is 4.79 Å². The first-order valence-corrected chi connectivity index (χ1v) is 7.03. The van der Waals surface area contributed by atoms with E-state index in [0.717, 1.165) is 38.9 Å². The number of carbonyl (C=O) groups is 1. The molecule has 2 aromatic carbocycles. The summed E-state index contributed by atoms with van der Waals surface area (Å²) in [5.74, 6) is 0.418. The molecule has 2 heteroatoms. The number of ketones is 1. The Hall–Kier alpha value is -1.67. The lowest BCUT2D eigenvalue weighted by atomic mass is 10.0. The normalized spacial score (nSPS) is 16.9. The van der Waals surface area contributed by atoms with Gasteiger partial charge in [-0.1, -0.05) is 42.5 Å². The molecule has 0 aromatic heterocycles. The van der Waals surface area contributed by atoms with Crippen LogP contribution < -0.4 is 0 Å². The van der Waals surface area contributed by atoms with Crippen LogP contribution in [-0.2, 0) is 11.2 Å². The van der Waals surface area contributed by atoms with Crippen molar-refractivity contribution >= 4 is 16.6 Å². The van der Waals surface area contributed by atoms with Crippen molar-refractivity contribution < 1.29 is 4.79 Å². The third-order valence-corrected chi connectivity index (χ3v) is 3.99. The summed E-state index contributed by atoms with van der Waals surface area (Å²) < 4.78 is 0. The summed E-state index contributed by atoms with van der Waals surface area (Å²) >= 11 is 0. The predicted molar refractivity (Wildman–Crippen MR) is 78.3 cm³/mol. The topological polar surface area (TPSA) is 20.3 Å². The number of nitrogens with zero attached hydrogens (tertiary/aromatic N) is 1. The van der Waals surface area contributed by atoms with Crippen molar-refractivity contribution in [3.8, 4) is 0 Å². The number of piperidine rings is 1. The molecule has 1 saturated heterocycles. The summed E-state index contributed by atoms with van der Waals surface area (Å²) in [5.41, 5.74) is 1.41. The first-order chi connectivity index (χ1) is 9.33. The minimum atomic E-state index is 0.418. The van der Waals surface area contributed by atoms with Gasteiger partial charge in [0, 0.05) is 32.5 Å². The van der Waals surface area contributed by atoms with Crippen LogP contribution in [0.5, 0.6) is 0 Å². The summed E-state index contributed by atoms with van der Waals surface area (Å²) in [5, 5.41) is 2.67. The van der Waals surface area contributed by atoms with E-state index in [2.05, 4.69) is 47.4 Å². The largest absolute Gasteiger partial charge is 0.302 e. The van der Waals surface area contributed by atoms with E-state index < -0.39 is 0 Å². The second-order valence-corrected chi connectivity index (χ2v) is 5.27. The van der Waals surface area contributed by atoms with Crippen LogP contribution in [0.1, 0.15) is 18.4 Å². The maximum atomic E-state index is 11.2. The molecule has 0 bridgehead atoms. The second-order valence-electron chi connectivity index (χ2n) is 5.27. The van der Waals surface area contributed by atoms with Crippen molar-refractivity contribution in [2.75, 3.05) is 19.6 Å². The van der Waals surface area contributed by atoms with Crippen molar-refractivity contribution in [1.29, 1.82) is 0 Å². The van der Waals surface area contributed by atoms with Crippen molar-refractivity contribution in [1.82, 2.24) is 4.90 Å². The van der Waals surface area contributed by atoms with Gasteiger partial charge in [0.05, 0.1) is 0 Å². The van der Waals surface area contributed by atoms with Crippen LogP contribution in [0.25, 0.3) is 10.8 Å². The Morgan fingerprint density at radius 1 is 0.947 bits per heavy atom. The van der Waals surface area contributed by atoms with E-state index in [4.69, 9.17) is 0 Å². The molecule has 98 valence electrons. The Bertz CT molecular complexity index is 575. The van der Waals surface area contributed by atoms with Crippen molar-refractivity contribution in [2.24, 2.45) is 0 Å². The molecule has 0 unspecified atom stereocenters. The van der Waals surface area contributed by atoms with E-state index in [1.54, 1.807) is 0 Å². The molecule has 0 spiro atoms. The van der Waals surface area contributed by atoms with E-state index >= 15 is 0 Å². The highest BCUT2D eigenvalue weighted by Crippen LogP contribution is 2.19. The van der Waals surface area contributed by atoms with Crippen molar-refractivity contribution in [3.63, 3.8) is 0 Å². The van der Waals surface area contributed by atoms with Crippen LogP contribution >= 0.6 is 0 Å². The lowest BCUT2D eigenvalue weighted by molar-refractivity contribution is -0.121. The van der Waals surface area contributed by atoms with Crippen LogP contribution in [0.15, 0.2) is 42.5 Å². The number of fused-ring (bicyclic) bond motifs is 1. The van der Waals surface area contributed by atoms with E-state index in [0.29, 0.717) is 5.78 Å². The SMILES string of the molecule is O=C1CCN(CCc2cccc3ccccc23)CC1. The minimum Gasteiger partial charge on any atom is -0.302 e. The molecule has 1 aliphatic rings. The molecule has 0 aliphatic carbocycles. The molecular formula is C17H19NO. The number of hydrogen-bond donors (Lipinski definition) is 0. The third kappa shape index (κ3) is 2.85. The average molecular weight is 253 g/mol. The number of benzene rings is 2. The van der Waals surface area contributed by atoms with Gasteiger partial charge in [-0.2, -0.15) is 0 Å². The highest BCUT2D eigenvalue weighted by Gasteiger charge is 2.15. The van der Waals surface area contributed by atoms with Gasteiger partial charge in [-0.05, 0) is 22.8 Å². The quantitative estimate of drug-likeness (QED) is 0.838. The molecule has 19 heavy (non-hydrogen) atoms. The second kappa shape index (κ2) is 5.54. The first kappa shape index (κ1) is 12.4. The van der Waals surface area contributed by atoms with Crippen LogP contribution in [0.2, 0.25) is 0 Å². The number of hydrogen-bond acceptors (Lipinski definition) is 2. The zero-order valence-corrected chi connectivity index (χ0v) is 11.1. The molecule has 1 aliphatic heterocycles. The Labute approximate surface area is 114 Å². The van der Waals surface area contributed by atoms with Gasteiger partial charge in [-0.15, -0.1) is 0 Å². The van der Waals surface area contributed by atoms with Crippen LogP contribution in [-0.4, -0.2) is 30.3 Å². The van der Waals surface area contributed by atoms with Crippen LogP contribution in [0.3, 0.4) is 0 Å². The summed E-state index contributed by atoms with van der Waals surface area (Å²) in [6.07, 6.45) is 2.53. The monoisotopic (exact) mass is 253 g/mol. The van der Waals surface area contributed by atoms with Crippen LogP contribution in [0, 0.1) is 0 Å².